The van der Waals surface area contributed by atoms with E-state index in [1.165, 1.54) is 0 Å². The molecule has 0 bridgehead atoms. The first-order chi connectivity index (χ1) is 11.8. The molecule has 24 heavy (non-hydrogen) atoms. The number of nitrogens with one attached hydrogen (secondary N) is 1. The van der Waals surface area contributed by atoms with Crippen LogP contribution < -0.4 is 14.8 Å². The van der Waals surface area contributed by atoms with Gasteiger partial charge in [0.1, 0.15) is 0 Å². The van der Waals surface area contributed by atoms with Gasteiger partial charge in [-0.25, -0.2) is 0 Å². The van der Waals surface area contributed by atoms with Gasteiger partial charge in [-0.2, -0.15) is 4.98 Å². The van der Waals surface area contributed by atoms with Crippen molar-refractivity contribution in [2.45, 2.75) is 25.3 Å². The van der Waals surface area contributed by atoms with Gasteiger partial charge in [0, 0.05) is 24.7 Å². The van der Waals surface area contributed by atoms with E-state index in [2.05, 4.69) is 15.5 Å². The Kier molecular flexibility index (Phi) is 4.04. The highest BCUT2D eigenvalue weighted by Crippen LogP contribution is 2.32. The lowest BCUT2D eigenvalue weighted by molar-refractivity contribution is 0.0830. The van der Waals surface area contributed by atoms with E-state index in [-0.39, 0.29) is 25.2 Å². The van der Waals surface area contributed by atoms with Gasteiger partial charge in [-0.1, -0.05) is 5.16 Å². The second-order valence-electron chi connectivity index (χ2n) is 5.68. The largest absolute Gasteiger partial charge is 0.454 e. The molecule has 0 spiro atoms. The van der Waals surface area contributed by atoms with Crippen LogP contribution in [0.5, 0.6) is 11.5 Å². The van der Waals surface area contributed by atoms with E-state index < -0.39 is 0 Å². The molecule has 126 valence electrons. The summed E-state index contributed by atoms with van der Waals surface area (Å²) in [6.45, 7) is 1.80. The molecule has 2 aliphatic rings. The van der Waals surface area contributed by atoms with Crippen molar-refractivity contribution in [2.24, 2.45) is 0 Å². The number of ether oxygens (including phenoxy) is 3. The Morgan fingerprint density at radius 2 is 2.04 bits per heavy atom. The summed E-state index contributed by atoms with van der Waals surface area (Å²) in [4.78, 5) is 16.6. The van der Waals surface area contributed by atoms with Crippen molar-refractivity contribution in [1.82, 2.24) is 15.5 Å². The number of benzene rings is 1. The number of nitrogens with zero attached hydrogens (tertiary/aromatic N) is 2. The average molecular weight is 331 g/mol. The summed E-state index contributed by atoms with van der Waals surface area (Å²) >= 11 is 0. The third kappa shape index (κ3) is 3.05. The summed E-state index contributed by atoms with van der Waals surface area (Å²) in [7, 11) is 0. The number of carbonyl (C=O) groups excluding carboxylic acids is 1. The normalized spacial score (nSPS) is 17.0. The highest BCUT2D eigenvalue weighted by atomic mass is 16.7. The summed E-state index contributed by atoms with van der Waals surface area (Å²) in [6, 6.07) is 5.05. The summed E-state index contributed by atoms with van der Waals surface area (Å²) in [5.74, 6) is 2.32. The van der Waals surface area contributed by atoms with E-state index >= 15 is 0 Å². The fourth-order valence-corrected chi connectivity index (χ4v) is 2.76. The lowest BCUT2D eigenvalue weighted by Crippen LogP contribution is -2.23. The van der Waals surface area contributed by atoms with Crippen molar-refractivity contribution in [1.29, 1.82) is 0 Å². The third-order valence-electron chi connectivity index (χ3n) is 4.11. The van der Waals surface area contributed by atoms with Gasteiger partial charge in [0.05, 0.1) is 6.54 Å². The van der Waals surface area contributed by atoms with Crippen molar-refractivity contribution in [3.63, 3.8) is 0 Å². The molecule has 3 heterocycles. The molecule has 0 unspecified atom stereocenters. The van der Waals surface area contributed by atoms with Gasteiger partial charge < -0.3 is 24.1 Å². The fraction of sp³-hybridized carbons (Fsp3) is 0.438. The SMILES string of the molecule is O=C(NCc1nc(C2CCOCC2)no1)c1ccc2c(c1)OCO2. The van der Waals surface area contributed by atoms with E-state index in [0.717, 1.165) is 26.1 Å². The molecule has 1 N–H and O–H groups in total. The molecule has 1 amide bonds. The number of fused-ring (bicyclic) bond motifs is 1. The molecule has 0 saturated carbocycles. The Morgan fingerprint density at radius 3 is 2.92 bits per heavy atom. The van der Waals surface area contributed by atoms with Crippen molar-refractivity contribution in [3.8, 4) is 11.5 Å². The summed E-state index contributed by atoms with van der Waals surface area (Å²) < 4.78 is 21.0. The first kappa shape index (κ1) is 14.9. The van der Waals surface area contributed by atoms with E-state index in [4.69, 9.17) is 18.7 Å². The lowest BCUT2D eigenvalue weighted by Gasteiger charge is -2.18. The van der Waals surface area contributed by atoms with Gasteiger partial charge >= 0.3 is 0 Å². The minimum atomic E-state index is -0.237. The maximum atomic E-state index is 12.2. The standard InChI is InChI=1S/C16H17N3O5/c20-16(11-1-2-12-13(7-11)23-9-22-12)17-8-14-18-15(19-24-14)10-3-5-21-6-4-10/h1-2,7,10H,3-6,8-9H2,(H,17,20). The van der Waals surface area contributed by atoms with Crippen LogP contribution in [0.2, 0.25) is 0 Å². The molecule has 4 rings (SSSR count). The Balaban J connectivity index is 1.36. The maximum absolute atomic E-state index is 12.2. The average Bonchev–Trinajstić information content (AvgIpc) is 3.29. The Labute approximate surface area is 138 Å². The molecule has 1 aromatic carbocycles. The van der Waals surface area contributed by atoms with Crippen LogP contribution in [-0.4, -0.2) is 36.1 Å². The van der Waals surface area contributed by atoms with Gasteiger partial charge in [0.25, 0.3) is 5.91 Å². The molecular weight excluding hydrogens is 314 g/mol. The molecule has 0 aliphatic carbocycles. The quantitative estimate of drug-likeness (QED) is 0.909. The summed E-state index contributed by atoms with van der Waals surface area (Å²) in [5, 5.41) is 6.77. The molecule has 8 heteroatoms. The van der Waals surface area contributed by atoms with Crippen molar-refractivity contribution >= 4 is 5.91 Å². The van der Waals surface area contributed by atoms with Gasteiger partial charge in [-0.3, -0.25) is 4.79 Å². The first-order valence-electron chi connectivity index (χ1n) is 7.87. The lowest BCUT2D eigenvalue weighted by atomic mass is 10.00. The zero-order valence-electron chi connectivity index (χ0n) is 13.0. The minimum absolute atomic E-state index is 0.178. The molecule has 0 radical (unpaired) electrons. The molecule has 2 aliphatic heterocycles. The number of aromatic nitrogens is 2. The molecular formula is C16H17N3O5. The van der Waals surface area contributed by atoms with Crippen LogP contribution in [0.25, 0.3) is 0 Å². The molecule has 1 fully saturated rings. The monoisotopic (exact) mass is 331 g/mol. The zero-order chi connectivity index (χ0) is 16.4. The third-order valence-corrected chi connectivity index (χ3v) is 4.11. The van der Waals surface area contributed by atoms with Crippen LogP contribution in [0.1, 0.15) is 40.8 Å². The van der Waals surface area contributed by atoms with Crippen molar-refractivity contribution in [3.05, 3.63) is 35.5 Å². The number of rotatable bonds is 4. The van der Waals surface area contributed by atoms with Crippen molar-refractivity contribution in [2.75, 3.05) is 20.0 Å². The topological polar surface area (TPSA) is 95.7 Å². The Hall–Kier alpha value is -2.61. The molecule has 0 atom stereocenters. The first-order valence-corrected chi connectivity index (χ1v) is 7.87. The number of hydrogen-bond acceptors (Lipinski definition) is 7. The number of hydrogen-bond donors (Lipinski definition) is 1. The van der Waals surface area contributed by atoms with Crippen LogP contribution in [0.4, 0.5) is 0 Å². The van der Waals surface area contributed by atoms with Gasteiger partial charge in [-0.15, -0.1) is 0 Å². The predicted molar refractivity (Wildman–Crippen MR) is 80.8 cm³/mol. The second kappa shape index (κ2) is 6.48. The highest BCUT2D eigenvalue weighted by molar-refractivity contribution is 5.94. The summed E-state index contributed by atoms with van der Waals surface area (Å²) in [5.41, 5.74) is 0.489. The van der Waals surface area contributed by atoms with E-state index in [9.17, 15) is 4.79 Å². The van der Waals surface area contributed by atoms with Crippen molar-refractivity contribution < 1.29 is 23.5 Å². The van der Waals surface area contributed by atoms with Crippen LogP contribution in [0, 0.1) is 0 Å². The molecule has 2 aromatic rings. The minimum Gasteiger partial charge on any atom is -0.454 e. The van der Waals surface area contributed by atoms with Crippen LogP contribution in [0.3, 0.4) is 0 Å². The molecule has 8 nitrogen and oxygen atoms in total. The molecule has 1 saturated heterocycles. The van der Waals surface area contributed by atoms with Crippen LogP contribution in [-0.2, 0) is 11.3 Å². The Bertz CT molecular complexity index is 739. The fourth-order valence-electron chi connectivity index (χ4n) is 2.76. The van der Waals surface area contributed by atoms with Crippen LogP contribution >= 0.6 is 0 Å². The summed E-state index contributed by atoms with van der Waals surface area (Å²) in [6.07, 6.45) is 1.78. The van der Waals surface area contributed by atoms with Crippen LogP contribution in [0.15, 0.2) is 22.7 Å². The van der Waals surface area contributed by atoms with Gasteiger partial charge in [0.15, 0.2) is 17.3 Å². The van der Waals surface area contributed by atoms with E-state index in [1.807, 2.05) is 0 Å². The molecule has 1 aromatic heterocycles. The number of carbonyl (C=O) groups is 1. The highest BCUT2D eigenvalue weighted by Gasteiger charge is 2.22. The van der Waals surface area contributed by atoms with Gasteiger partial charge in [0.2, 0.25) is 12.7 Å². The number of amides is 1. The second-order valence-corrected chi connectivity index (χ2v) is 5.68. The maximum Gasteiger partial charge on any atom is 0.251 e. The van der Waals surface area contributed by atoms with Gasteiger partial charge in [-0.05, 0) is 31.0 Å². The zero-order valence-corrected chi connectivity index (χ0v) is 13.0. The van der Waals surface area contributed by atoms with E-state index in [1.54, 1.807) is 18.2 Å². The Morgan fingerprint density at radius 1 is 1.21 bits per heavy atom. The van der Waals surface area contributed by atoms with E-state index in [0.29, 0.717) is 28.8 Å². The smallest absolute Gasteiger partial charge is 0.251 e. The predicted octanol–water partition coefficient (Wildman–Crippen LogP) is 1.62.